The van der Waals surface area contributed by atoms with E-state index in [1.165, 1.54) is 19.3 Å². The summed E-state index contributed by atoms with van der Waals surface area (Å²) >= 11 is 0. The molecular weight excluding hydrogens is 191 g/mol. The van der Waals surface area contributed by atoms with E-state index in [4.69, 9.17) is 0 Å². The summed E-state index contributed by atoms with van der Waals surface area (Å²) in [5.74, 6) is 2.73. The normalized spacial score (nSPS) is 29.0. The van der Waals surface area contributed by atoms with Gasteiger partial charge in [0, 0.05) is 17.1 Å². The van der Waals surface area contributed by atoms with E-state index in [0.29, 0.717) is 0 Å². The van der Waals surface area contributed by atoms with Crippen molar-refractivity contribution in [3.63, 3.8) is 0 Å². The van der Waals surface area contributed by atoms with Crippen LogP contribution >= 0.6 is 0 Å². The van der Waals surface area contributed by atoms with Gasteiger partial charge in [-0.3, -0.25) is 0 Å². The van der Waals surface area contributed by atoms with E-state index >= 15 is 0 Å². The fraction of sp³-hybridized carbons (Fsp3) is 0.900. The topological polar surface area (TPSA) is 0 Å². The van der Waals surface area contributed by atoms with Crippen LogP contribution in [0.2, 0.25) is 0 Å². The van der Waals surface area contributed by atoms with E-state index in [-0.39, 0.29) is 35.9 Å². The third-order valence-electron chi connectivity index (χ3n) is 2.69. The quantitative estimate of drug-likeness (QED) is 0.584. The predicted octanol–water partition coefficient (Wildman–Crippen LogP) is 2.63. The average Bonchev–Trinajstić information content (AvgIpc) is 1.88. The summed E-state index contributed by atoms with van der Waals surface area (Å²) in [7, 11) is 0. The van der Waals surface area contributed by atoms with Gasteiger partial charge in [-0.2, -0.15) is 0 Å². The molecular formula is C10H20CuLi. The van der Waals surface area contributed by atoms with Crippen LogP contribution in [-0.2, 0) is 17.1 Å². The van der Waals surface area contributed by atoms with Gasteiger partial charge in [0.1, 0.15) is 0 Å². The van der Waals surface area contributed by atoms with Gasteiger partial charge in [-0.05, 0) is 37.0 Å². The van der Waals surface area contributed by atoms with Crippen molar-refractivity contribution >= 4 is 18.9 Å². The third-order valence-corrected chi connectivity index (χ3v) is 2.69. The molecule has 0 N–H and O–H groups in total. The molecule has 1 aliphatic carbocycles. The maximum atomic E-state index is 2.53. The van der Waals surface area contributed by atoms with Gasteiger partial charge in [-0.1, -0.05) is 27.2 Å². The molecule has 1 saturated carbocycles. The maximum absolute atomic E-state index is 2.53. The minimum atomic E-state index is 0. The van der Waals surface area contributed by atoms with E-state index in [9.17, 15) is 0 Å². The summed E-state index contributed by atoms with van der Waals surface area (Å²) in [6.07, 6.45) is 6.75. The first-order valence-corrected chi connectivity index (χ1v) is 4.53. The Morgan fingerprint density at radius 3 is 2.17 bits per heavy atom. The molecule has 0 spiro atoms. The molecule has 0 amide bonds. The van der Waals surface area contributed by atoms with Crippen LogP contribution in [0, 0.1) is 24.2 Å². The predicted molar refractivity (Wildman–Crippen MR) is 52.8 cm³/mol. The monoisotopic (exact) mass is 210 g/mol. The molecule has 2 radical (unpaired) electrons. The van der Waals surface area contributed by atoms with E-state index in [1.54, 1.807) is 0 Å². The van der Waals surface area contributed by atoms with Crippen molar-refractivity contribution < 1.29 is 17.1 Å². The van der Waals surface area contributed by atoms with Crippen LogP contribution in [0.4, 0.5) is 0 Å². The van der Waals surface area contributed by atoms with Gasteiger partial charge in [0.15, 0.2) is 0 Å². The van der Waals surface area contributed by atoms with E-state index in [2.05, 4.69) is 27.2 Å². The van der Waals surface area contributed by atoms with Crippen molar-refractivity contribution in [1.29, 1.82) is 0 Å². The molecule has 0 aliphatic heterocycles. The third kappa shape index (κ3) is 4.98. The van der Waals surface area contributed by atoms with Crippen LogP contribution in [0.5, 0.6) is 0 Å². The van der Waals surface area contributed by atoms with Crippen molar-refractivity contribution in [2.75, 3.05) is 0 Å². The molecule has 0 aromatic rings. The summed E-state index contributed by atoms with van der Waals surface area (Å²) in [4.78, 5) is 0. The summed E-state index contributed by atoms with van der Waals surface area (Å²) in [6, 6.07) is 0. The second kappa shape index (κ2) is 7.51. The van der Waals surface area contributed by atoms with Gasteiger partial charge >= 0.3 is 18.9 Å². The zero-order chi connectivity index (χ0) is 7.56. The molecule has 1 aliphatic rings. The standard InChI is InChI=1S/C10H19.Cu.Li.H/c1-8(2)10-6-4-9(3)5-7-10;;;/h6,8-10H,4-5,7H2,1-3H3;;;. The molecule has 0 bridgehead atoms. The van der Waals surface area contributed by atoms with Gasteiger partial charge < -0.3 is 0 Å². The SMILES string of the molecule is CC1C[CH]C(C(C)C)CC1.[Cu].[LiH]. The molecule has 1 fully saturated rings. The Bertz CT molecular complexity index is 96.0. The Morgan fingerprint density at radius 2 is 1.83 bits per heavy atom. The Hall–Kier alpha value is 1.12. The van der Waals surface area contributed by atoms with Crippen LogP contribution in [0.15, 0.2) is 0 Å². The molecule has 0 saturated heterocycles. The molecule has 2 heteroatoms. The van der Waals surface area contributed by atoms with Crippen LogP contribution in [-0.4, -0.2) is 18.9 Å². The second-order valence-electron chi connectivity index (χ2n) is 4.06. The van der Waals surface area contributed by atoms with E-state index in [1.807, 2.05) is 0 Å². The summed E-state index contributed by atoms with van der Waals surface area (Å²) in [6.45, 7) is 7.02. The minimum absolute atomic E-state index is 0. The van der Waals surface area contributed by atoms with E-state index < -0.39 is 0 Å². The van der Waals surface area contributed by atoms with Crippen molar-refractivity contribution in [3.8, 4) is 0 Å². The van der Waals surface area contributed by atoms with Gasteiger partial charge in [0.2, 0.25) is 0 Å². The van der Waals surface area contributed by atoms with Crippen LogP contribution in [0.1, 0.15) is 40.0 Å². The molecule has 72 valence electrons. The fourth-order valence-corrected chi connectivity index (χ4v) is 1.73. The molecule has 0 nitrogen and oxygen atoms in total. The molecule has 0 aromatic heterocycles. The van der Waals surface area contributed by atoms with Gasteiger partial charge in [-0.15, -0.1) is 0 Å². The average molecular weight is 211 g/mol. The fourth-order valence-electron chi connectivity index (χ4n) is 1.73. The summed E-state index contributed by atoms with van der Waals surface area (Å²) in [5.41, 5.74) is 0. The zero-order valence-corrected chi connectivity index (χ0v) is 8.67. The van der Waals surface area contributed by atoms with Crippen molar-refractivity contribution in [1.82, 2.24) is 0 Å². The molecule has 12 heavy (non-hydrogen) atoms. The Labute approximate surface area is 99.9 Å². The summed E-state index contributed by atoms with van der Waals surface area (Å²) < 4.78 is 0. The first-order valence-electron chi connectivity index (χ1n) is 4.53. The van der Waals surface area contributed by atoms with E-state index in [0.717, 1.165) is 17.8 Å². The molecule has 0 heterocycles. The van der Waals surface area contributed by atoms with Crippen molar-refractivity contribution in [2.24, 2.45) is 17.8 Å². The van der Waals surface area contributed by atoms with Crippen LogP contribution < -0.4 is 0 Å². The van der Waals surface area contributed by atoms with Gasteiger partial charge in [0.05, 0.1) is 0 Å². The molecule has 1 rings (SSSR count). The Morgan fingerprint density at radius 1 is 1.25 bits per heavy atom. The van der Waals surface area contributed by atoms with Crippen molar-refractivity contribution in [3.05, 3.63) is 6.42 Å². The van der Waals surface area contributed by atoms with Gasteiger partial charge in [0.25, 0.3) is 0 Å². The second-order valence-corrected chi connectivity index (χ2v) is 4.06. The Kier molecular flexibility index (Phi) is 9.76. The zero-order valence-electron chi connectivity index (χ0n) is 7.73. The van der Waals surface area contributed by atoms with Crippen LogP contribution in [0.25, 0.3) is 0 Å². The molecule has 2 unspecified atom stereocenters. The molecule has 0 aromatic carbocycles. The number of rotatable bonds is 1. The van der Waals surface area contributed by atoms with Crippen molar-refractivity contribution in [2.45, 2.75) is 40.0 Å². The van der Waals surface area contributed by atoms with Crippen LogP contribution in [0.3, 0.4) is 0 Å². The number of hydrogen-bond acceptors (Lipinski definition) is 0. The molecule has 2 atom stereocenters. The summed E-state index contributed by atoms with van der Waals surface area (Å²) in [5, 5.41) is 0. The number of hydrogen-bond donors (Lipinski definition) is 0. The Balaban J connectivity index is 0. The first kappa shape index (κ1) is 15.6. The van der Waals surface area contributed by atoms with Gasteiger partial charge in [-0.25, -0.2) is 0 Å². The first-order chi connectivity index (χ1) is 4.70.